The molecule has 0 bridgehead atoms. The highest BCUT2D eigenvalue weighted by atomic mass is 32.1. The van der Waals surface area contributed by atoms with Gasteiger partial charge in [0, 0.05) is 43.7 Å². The molecule has 2 aromatic rings. The van der Waals surface area contributed by atoms with Gasteiger partial charge in [0.15, 0.2) is 0 Å². The molecule has 1 aliphatic heterocycles. The van der Waals surface area contributed by atoms with E-state index in [2.05, 4.69) is 41.2 Å². The van der Waals surface area contributed by atoms with Crippen molar-refractivity contribution in [2.45, 2.75) is 33.2 Å². The second kappa shape index (κ2) is 7.45. The monoisotopic (exact) mass is 343 g/mol. The van der Waals surface area contributed by atoms with Crippen molar-refractivity contribution in [1.82, 2.24) is 14.8 Å². The number of carbonyl (C=O) groups excluding carboxylic acids is 1. The van der Waals surface area contributed by atoms with Crippen LogP contribution < -0.4 is 0 Å². The normalized spacial score (nSPS) is 15.9. The number of hydrogen-bond donors (Lipinski definition) is 0. The van der Waals surface area contributed by atoms with Gasteiger partial charge in [0.1, 0.15) is 0 Å². The maximum absolute atomic E-state index is 12.6. The summed E-state index contributed by atoms with van der Waals surface area (Å²) >= 11 is 1.70. The number of aryl methyl sites for hydroxylation is 1. The van der Waals surface area contributed by atoms with Gasteiger partial charge in [-0.2, -0.15) is 0 Å². The molecule has 1 aromatic carbocycles. The summed E-state index contributed by atoms with van der Waals surface area (Å²) < 4.78 is 0. The van der Waals surface area contributed by atoms with Crippen LogP contribution in [0.3, 0.4) is 0 Å². The third-order valence-electron chi connectivity index (χ3n) is 4.54. The molecule has 1 fully saturated rings. The molecule has 2 heterocycles. The first-order chi connectivity index (χ1) is 11.5. The fourth-order valence-corrected chi connectivity index (χ4v) is 3.62. The van der Waals surface area contributed by atoms with Gasteiger partial charge in [-0.15, -0.1) is 11.3 Å². The second-order valence-corrected chi connectivity index (χ2v) is 7.77. The molecular formula is C19H25N3OS. The smallest absolute Gasteiger partial charge is 0.253 e. The van der Waals surface area contributed by atoms with Gasteiger partial charge in [-0.1, -0.05) is 26.0 Å². The number of amides is 1. The van der Waals surface area contributed by atoms with Crippen molar-refractivity contribution in [3.8, 4) is 0 Å². The Morgan fingerprint density at radius 1 is 1.17 bits per heavy atom. The van der Waals surface area contributed by atoms with E-state index < -0.39 is 0 Å². The first-order valence-electron chi connectivity index (χ1n) is 8.55. The number of aromatic nitrogens is 1. The predicted molar refractivity (Wildman–Crippen MR) is 98.6 cm³/mol. The maximum atomic E-state index is 12.6. The van der Waals surface area contributed by atoms with Gasteiger partial charge in [0.2, 0.25) is 0 Å². The van der Waals surface area contributed by atoms with Crippen LogP contribution in [-0.2, 0) is 6.54 Å². The van der Waals surface area contributed by atoms with Gasteiger partial charge in [-0.25, -0.2) is 4.98 Å². The van der Waals surface area contributed by atoms with E-state index in [9.17, 15) is 4.79 Å². The van der Waals surface area contributed by atoms with Crippen molar-refractivity contribution in [2.24, 2.45) is 0 Å². The summed E-state index contributed by atoms with van der Waals surface area (Å²) in [6.07, 6.45) is 0. The lowest BCUT2D eigenvalue weighted by atomic mass is 10.0. The zero-order valence-electron chi connectivity index (χ0n) is 14.7. The van der Waals surface area contributed by atoms with Crippen molar-refractivity contribution in [3.05, 3.63) is 51.5 Å². The van der Waals surface area contributed by atoms with E-state index in [1.54, 1.807) is 11.3 Å². The van der Waals surface area contributed by atoms with Crippen LogP contribution in [0.4, 0.5) is 0 Å². The van der Waals surface area contributed by atoms with Crippen molar-refractivity contribution in [3.63, 3.8) is 0 Å². The number of hydrogen-bond acceptors (Lipinski definition) is 4. The van der Waals surface area contributed by atoms with Crippen LogP contribution in [0.2, 0.25) is 0 Å². The number of rotatable bonds is 4. The highest BCUT2D eigenvalue weighted by Gasteiger charge is 2.22. The molecule has 1 aromatic heterocycles. The summed E-state index contributed by atoms with van der Waals surface area (Å²) in [6.45, 7) is 10.6. The zero-order chi connectivity index (χ0) is 17.1. The van der Waals surface area contributed by atoms with Gasteiger partial charge in [-0.3, -0.25) is 9.69 Å². The van der Waals surface area contributed by atoms with Crippen molar-refractivity contribution >= 4 is 17.2 Å². The van der Waals surface area contributed by atoms with Gasteiger partial charge in [0.05, 0.1) is 10.7 Å². The molecule has 4 nitrogen and oxygen atoms in total. The molecule has 1 amide bonds. The Hall–Kier alpha value is -1.72. The van der Waals surface area contributed by atoms with Gasteiger partial charge in [-0.05, 0) is 30.5 Å². The summed E-state index contributed by atoms with van der Waals surface area (Å²) in [7, 11) is 0. The molecule has 0 saturated carbocycles. The Morgan fingerprint density at radius 2 is 1.83 bits per heavy atom. The highest BCUT2D eigenvalue weighted by molar-refractivity contribution is 7.09. The van der Waals surface area contributed by atoms with E-state index in [1.165, 1.54) is 5.56 Å². The first kappa shape index (κ1) is 17.1. The van der Waals surface area contributed by atoms with Crippen LogP contribution >= 0.6 is 11.3 Å². The van der Waals surface area contributed by atoms with Crippen LogP contribution in [0.5, 0.6) is 0 Å². The summed E-state index contributed by atoms with van der Waals surface area (Å²) in [5.41, 5.74) is 3.21. The standard InChI is InChI=1S/C19H25N3OS/c1-14(2)16-4-6-17(7-5-16)19(23)22-10-8-21(9-11-22)12-18-13-24-15(3)20-18/h4-7,13-14H,8-12H2,1-3H3. The first-order valence-corrected chi connectivity index (χ1v) is 9.43. The molecule has 0 N–H and O–H groups in total. The predicted octanol–water partition coefficient (Wildman–Crippen LogP) is 3.53. The molecule has 0 radical (unpaired) electrons. The largest absolute Gasteiger partial charge is 0.336 e. The maximum Gasteiger partial charge on any atom is 0.253 e. The molecule has 128 valence electrons. The van der Waals surface area contributed by atoms with E-state index in [4.69, 9.17) is 0 Å². The van der Waals surface area contributed by atoms with Crippen LogP contribution in [0.1, 0.15) is 46.4 Å². The molecule has 1 saturated heterocycles. The molecule has 0 aliphatic carbocycles. The Bertz CT molecular complexity index is 685. The molecule has 0 spiro atoms. The Morgan fingerprint density at radius 3 is 2.38 bits per heavy atom. The molecule has 5 heteroatoms. The summed E-state index contributed by atoms with van der Waals surface area (Å²) in [5.74, 6) is 0.640. The lowest BCUT2D eigenvalue weighted by Gasteiger charge is -2.34. The molecule has 1 aliphatic rings. The van der Waals surface area contributed by atoms with Gasteiger partial charge >= 0.3 is 0 Å². The molecule has 0 unspecified atom stereocenters. The van der Waals surface area contributed by atoms with Crippen LogP contribution in [0.25, 0.3) is 0 Å². The van der Waals surface area contributed by atoms with Gasteiger partial charge in [0.25, 0.3) is 5.91 Å². The van der Waals surface area contributed by atoms with Crippen molar-refractivity contribution in [1.29, 1.82) is 0 Å². The molecule has 0 atom stereocenters. The molecule has 3 rings (SSSR count). The van der Waals surface area contributed by atoms with Crippen LogP contribution in [0.15, 0.2) is 29.6 Å². The van der Waals surface area contributed by atoms with E-state index >= 15 is 0 Å². The zero-order valence-corrected chi connectivity index (χ0v) is 15.5. The lowest BCUT2D eigenvalue weighted by Crippen LogP contribution is -2.48. The Kier molecular flexibility index (Phi) is 5.31. The second-order valence-electron chi connectivity index (χ2n) is 6.70. The summed E-state index contributed by atoms with van der Waals surface area (Å²) in [4.78, 5) is 21.5. The fraction of sp³-hybridized carbons (Fsp3) is 0.474. The minimum Gasteiger partial charge on any atom is -0.336 e. The minimum atomic E-state index is 0.148. The fourth-order valence-electron chi connectivity index (χ4n) is 3.01. The van der Waals surface area contributed by atoms with Crippen molar-refractivity contribution in [2.75, 3.05) is 26.2 Å². The number of carbonyl (C=O) groups is 1. The van der Waals surface area contributed by atoms with E-state index in [0.717, 1.165) is 49.0 Å². The topological polar surface area (TPSA) is 36.4 Å². The van der Waals surface area contributed by atoms with E-state index in [-0.39, 0.29) is 5.91 Å². The third-order valence-corrected chi connectivity index (χ3v) is 5.36. The number of piperazine rings is 1. The van der Waals surface area contributed by atoms with Crippen molar-refractivity contribution < 1.29 is 4.79 Å². The van der Waals surface area contributed by atoms with E-state index in [1.807, 2.05) is 24.0 Å². The quantitative estimate of drug-likeness (QED) is 0.852. The lowest BCUT2D eigenvalue weighted by molar-refractivity contribution is 0.0627. The summed E-state index contributed by atoms with van der Waals surface area (Å²) in [5, 5.41) is 3.24. The number of benzene rings is 1. The van der Waals surface area contributed by atoms with Gasteiger partial charge < -0.3 is 4.90 Å². The average Bonchev–Trinajstić information content (AvgIpc) is 3.00. The highest BCUT2D eigenvalue weighted by Crippen LogP contribution is 2.17. The van der Waals surface area contributed by atoms with Crippen LogP contribution in [0, 0.1) is 6.92 Å². The molecule has 24 heavy (non-hydrogen) atoms. The van der Waals surface area contributed by atoms with E-state index in [0.29, 0.717) is 5.92 Å². The Balaban J connectivity index is 1.54. The summed E-state index contributed by atoms with van der Waals surface area (Å²) in [6, 6.07) is 8.06. The molecular weight excluding hydrogens is 318 g/mol. The number of thiazole rings is 1. The Labute approximate surface area is 148 Å². The van der Waals surface area contributed by atoms with Crippen LogP contribution in [-0.4, -0.2) is 46.9 Å². The average molecular weight is 343 g/mol. The third kappa shape index (κ3) is 4.02. The number of nitrogens with zero attached hydrogens (tertiary/aromatic N) is 3. The SMILES string of the molecule is Cc1nc(CN2CCN(C(=O)c3ccc(C(C)C)cc3)CC2)cs1. The minimum absolute atomic E-state index is 0.148.